The number of ether oxygens (including phenoxy) is 1. The van der Waals surface area contributed by atoms with Gasteiger partial charge in [0, 0.05) is 12.1 Å². The Hall–Kier alpha value is -2.55. The lowest BCUT2D eigenvalue weighted by Gasteiger charge is -2.11. The first-order valence-corrected chi connectivity index (χ1v) is 6.81. The van der Waals surface area contributed by atoms with E-state index in [9.17, 15) is 9.59 Å². The van der Waals surface area contributed by atoms with Crippen LogP contribution in [-0.2, 0) is 14.3 Å². The molecule has 1 aliphatic carbocycles. The summed E-state index contributed by atoms with van der Waals surface area (Å²) in [6.45, 7) is -0.382. The van der Waals surface area contributed by atoms with Gasteiger partial charge >= 0.3 is 5.97 Å². The van der Waals surface area contributed by atoms with E-state index in [1.807, 2.05) is 0 Å². The van der Waals surface area contributed by atoms with Gasteiger partial charge in [-0.1, -0.05) is 12.8 Å². The van der Waals surface area contributed by atoms with Crippen LogP contribution in [0.15, 0.2) is 28.4 Å². The normalized spacial score (nSPS) is 15.5. The van der Waals surface area contributed by atoms with Gasteiger partial charge in [0.15, 0.2) is 6.61 Å². The lowest BCUT2D eigenvalue weighted by Crippen LogP contribution is -2.36. The predicted octanol–water partition coefficient (Wildman–Crippen LogP) is 1.79. The number of hydrogen-bond acceptors (Lipinski definition) is 5. The third kappa shape index (κ3) is 4.49. The Morgan fingerprint density at radius 2 is 2.24 bits per heavy atom. The topological polar surface area (TPSA) is 92.3 Å². The molecular weight excluding hydrogens is 272 g/mol. The molecule has 1 fully saturated rings. The van der Waals surface area contributed by atoms with Gasteiger partial charge in [0.25, 0.3) is 5.91 Å². The van der Waals surface area contributed by atoms with E-state index in [0.29, 0.717) is 5.76 Å². The molecule has 6 heteroatoms. The summed E-state index contributed by atoms with van der Waals surface area (Å²) in [6.07, 6.45) is 6.84. The van der Waals surface area contributed by atoms with Crippen molar-refractivity contribution >= 4 is 18.0 Å². The summed E-state index contributed by atoms with van der Waals surface area (Å²) < 4.78 is 9.85. The molecule has 0 bridgehead atoms. The minimum atomic E-state index is -0.838. The van der Waals surface area contributed by atoms with Gasteiger partial charge in [-0.25, -0.2) is 4.79 Å². The van der Waals surface area contributed by atoms with Crippen molar-refractivity contribution in [1.29, 1.82) is 5.26 Å². The van der Waals surface area contributed by atoms with E-state index in [1.165, 1.54) is 12.3 Å². The molecule has 0 atom stereocenters. The molecule has 1 aliphatic rings. The van der Waals surface area contributed by atoms with Crippen molar-refractivity contribution in [3.05, 3.63) is 29.7 Å². The van der Waals surface area contributed by atoms with E-state index in [2.05, 4.69) is 5.32 Å². The summed E-state index contributed by atoms with van der Waals surface area (Å²) in [5.74, 6) is -0.806. The quantitative estimate of drug-likeness (QED) is 0.506. The van der Waals surface area contributed by atoms with E-state index in [1.54, 1.807) is 18.2 Å². The summed E-state index contributed by atoms with van der Waals surface area (Å²) in [6, 6.07) is 5.15. The van der Waals surface area contributed by atoms with E-state index in [-0.39, 0.29) is 24.1 Å². The van der Waals surface area contributed by atoms with Crippen LogP contribution in [0.1, 0.15) is 31.4 Å². The molecule has 1 aromatic heterocycles. The minimum Gasteiger partial charge on any atom is -0.465 e. The Morgan fingerprint density at radius 1 is 1.48 bits per heavy atom. The van der Waals surface area contributed by atoms with Crippen molar-refractivity contribution in [2.75, 3.05) is 6.61 Å². The van der Waals surface area contributed by atoms with Crippen LogP contribution in [0.5, 0.6) is 0 Å². The third-order valence-electron chi connectivity index (χ3n) is 3.22. The number of carbonyl (C=O) groups excluding carboxylic acids is 2. The second kappa shape index (κ2) is 7.29. The van der Waals surface area contributed by atoms with Crippen LogP contribution in [0, 0.1) is 11.3 Å². The maximum Gasteiger partial charge on any atom is 0.349 e. The number of hydrogen-bond donors (Lipinski definition) is 1. The highest BCUT2D eigenvalue weighted by Crippen LogP contribution is 2.17. The van der Waals surface area contributed by atoms with Crippen LogP contribution < -0.4 is 5.32 Å². The zero-order valence-electron chi connectivity index (χ0n) is 11.5. The number of rotatable bonds is 5. The molecule has 0 unspecified atom stereocenters. The van der Waals surface area contributed by atoms with E-state index in [4.69, 9.17) is 14.4 Å². The first-order chi connectivity index (χ1) is 10.2. The van der Waals surface area contributed by atoms with Gasteiger partial charge in [-0.3, -0.25) is 4.79 Å². The molecule has 0 saturated heterocycles. The second-order valence-corrected chi connectivity index (χ2v) is 4.81. The number of nitrogens with zero attached hydrogens (tertiary/aromatic N) is 1. The number of furan rings is 1. The standard InChI is InChI=1S/C15H16N2O4/c16-9-11(8-13-6-3-7-20-13)15(19)21-10-14(18)17-12-4-1-2-5-12/h3,6-8,12H,1-2,4-5,10H2,(H,17,18)/b11-8+. The molecule has 2 rings (SSSR count). The molecule has 1 N–H and O–H groups in total. The zero-order valence-corrected chi connectivity index (χ0v) is 11.5. The number of esters is 1. The molecular formula is C15H16N2O4. The van der Waals surface area contributed by atoms with Crippen LogP contribution in [0.3, 0.4) is 0 Å². The smallest absolute Gasteiger partial charge is 0.349 e. The molecule has 0 spiro atoms. The first kappa shape index (κ1) is 14.9. The van der Waals surface area contributed by atoms with Crippen LogP contribution in [0.25, 0.3) is 6.08 Å². The van der Waals surface area contributed by atoms with Gasteiger partial charge in [-0.05, 0) is 25.0 Å². The second-order valence-electron chi connectivity index (χ2n) is 4.81. The SMILES string of the molecule is N#C/C(=C\c1ccco1)C(=O)OCC(=O)NC1CCCC1. The zero-order chi connectivity index (χ0) is 15.1. The summed E-state index contributed by atoms with van der Waals surface area (Å²) >= 11 is 0. The molecule has 1 saturated carbocycles. The van der Waals surface area contributed by atoms with Crippen molar-refractivity contribution in [2.45, 2.75) is 31.7 Å². The Morgan fingerprint density at radius 3 is 2.86 bits per heavy atom. The molecule has 1 aromatic rings. The average molecular weight is 288 g/mol. The summed E-state index contributed by atoms with van der Waals surface area (Å²) in [5, 5.41) is 11.7. The van der Waals surface area contributed by atoms with Crippen LogP contribution >= 0.6 is 0 Å². The van der Waals surface area contributed by atoms with Crippen molar-refractivity contribution in [1.82, 2.24) is 5.32 Å². The summed E-state index contributed by atoms with van der Waals surface area (Å²) in [4.78, 5) is 23.3. The molecule has 6 nitrogen and oxygen atoms in total. The molecule has 0 aromatic carbocycles. The van der Waals surface area contributed by atoms with Gasteiger partial charge in [0.05, 0.1) is 6.26 Å². The Labute approximate surface area is 122 Å². The minimum absolute atomic E-state index is 0.172. The monoisotopic (exact) mass is 288 g/mol. The van der Waals surface area contributed by atoms with Crippen LogP contribution in [0.2, 0.25) is 0 Å². The summed E-state index contributed by atoms with van der Waals surface area (Å²) in [5.41, 5.74) is -0.210. The molecule has 0 aliphatic heterocycles. The number of nitrogens with one attached hydrogen (secondary N) is 1. The van der Waals surface area contributed by atoms with Gasteiger partial charge in [0.2, 0.25) is 0 Å². The lowest BCUT2D eigenvalue weighted by molar-refractivity contribution is -0.144. The number of carbonyl (C=O) groups is 2. The maximum atomic E-state index is 11.7. The first-order valence-electron chi connectivity index (χ1n) is 6.81. The maximum absolute atomic E-state index is 11.7. The van der Waals surface area contributed by atoms with E-state index < -0.39 is 5.97 Å². The van der Waals surface area contributed by atoms with Gasteiger partial charge in [-0.15, -0.1) is 0 Å². The largest absolute Gasteiger partial charge is 0.465 e. The van der Waals surface area contributed by atoms with Crippen molar-refractivity contribution in [2.24, 2.45) is 0 Å². The number of nitriles is 1. The molecule has 0 radical (unpaired) electrons. The highest BCUT2D eigenvalue weighted by atomic mass is 16.5. The fraction of sp³-hybridized carbons (Fsp3) is 0.400. The number of amides is 1. The third-order valence-corrected chi connectivity index (χ3v) is 3.22. The van der Waals surface area contributed by atoms with Crippen LogP contribution in [0.4, 0.5) is 0 Å². The Kier molecular flexibility index (Phi) is 5.16. The highest BCUT2D eigenvalue weighted by molar-refractivity contribution is 5.98. The Bertz CT molecular complexity index is 563. The van der Waals surface area contributed by atoms with Crippen molar-refractivity contribution in [3.8, 4) is 6.07 Å². The highest BCUT2D eigenvalue weighted by Gasteiger charge is 2.19. The van der Waals surface area contributed by atoms with Crippen molar-refractivity contribution in [3.63, 3.8) is 0 Å². The molecule has 21 heavy (non-hydrogen) atoms. The average Bonchev–Trinajstić information content (AvgIpc) is 3.15. The molecule has 1 heterocycles. The lowest BCUT2D eigenvalue weighted by atomic mass is 10.2. The van der Waals surface area contributed by atoms with Gasteiger partial charge < -0.3 is 14.5 Å². The fourth-order valence-electron chi connectivity index (χ4n) is 2.20. The predicted molar refractivity (Wildman–Crippen MR) is 73.7 cm³/mol. The molecule has 110 valence electrons. The van der Waals surface area contributed by atoms with E-state index >= 15 is 0 Å². The Balaban J connectivity index is 1.82. The van der Waals surface area contributed by atoms with Gasteiger partial charge in [0.1, 0.15) is 17.4 Å². The van der Waals surface area contributed by atoms with Crippen LogP contribution in [-0.4, -0.2) is 24.5 Å². The fourth-order valence-corrected chi connectivity index (χ4v) is 2.20. The van der Waals surface area contributed by atoms with Crippen molar-refractivity contribution < 1.29 is 18.7 Å². The van der Waals surface area contributed by atoms with Gasteiger partial charge in [-0.2, -0.15) is 5.26 Å². The molecule has 1 amide bonds. The summed E-state index contributed by atoms with van der Waals surface area (Å²) in [7, 11) is 0. The van der Waals surface area contributed by atoms with E-state index in [0.717, 1.165) is 25.7 Å².